The highest BCUT2D eigenvalue weighted by Gasteiger charge is 2.53. The van der Waals surface area contributed by atoms with Crippen LogP contribution in [0.3, 0.4) is 0 Å². The van der Waals surface area contributed by atoms with Gasteiger partial charge < -0.3 is 14.7 Å². The highest BCUT2D eigenvalue weighted by atomic mass is 16.5. The van der Waals surface area contributed by atoms with Gasteiger partial charge in [-0.05, 0) is 62.3 Å². The summed E-state index contributed by atoms with van der Waals surface area (Å²) < 4.78 is 5.45. The topological polar surface area (TPSA) is 62.7 Å². The molecule has 1 fully saturated rings. The maximum atomic E-state index is 11.6. The van der Waals surface area contributed by atoms with Gasteiger partial charge in [-0.25, -0.2) is 0 Å². The number of aliphatic hydroxyl groups is 1. The van der Waals surface area contributed by atoms with Crippen LogP contribution in [-0.4, -0.2) is 46.3 Å². The molecule has 0 aliphatic heterocycles. The molecule has 0 bridgehead atoms. The van der Waals surface area contributed by atoms with E-state index >= 15 is 0 Å². The summed E-state index contributed by atoms with van der Waals surface area (Å²) in [6.07, 6.45) is 7.53. The van der Waals surface area contributed by atoms with Gasteiger partial charge in [0.05, 0.1) is 11.3 Å². The lowest BCUT2D eigenvalue weighted by Gasteiger charge is -2.53. The Morgan fingerprint density at radius 3 is 2.83 bits per heavy atom. The smallest absolute Gasteiger partial charge is 0.303 e. The van der Waals surface area contributed by atoms with E-state index < -0.39 is 11.7 Å². The number of hydrogen-bond acceptors (Lipinski definition) is 5. The number of carbonyl (C=O) groups is 1. The summed E-state index contributed by atoms with van der Waals surface area (Å²) in [5.74, 6) is 0.689. The molecule has 1 heterocycles. The zero-order chi connectivity index (χ0) is 21.2. The Bertz CT molecular complexity index is 735. The molecular formula is C24H35N2O3. The predicted octanol–water partition coefficient (Wildman–Crippen LogP) is 3.64. The molecule has 0 spiro atoms. The molecule has 1 saturated carbocycles. The molecule has 0 saturated heterocycles. The van der Waals surface area contributed by atoms with Gasteiger partial charge in [-0.3, -0.25) is 9.78 Å². The monoisotopic (exact) mass is 399 g/mol. The van der Waals surface area contributed by atoms with Gasteiger partial charge in [-0.2, -0.15) is 0 Å². The summed E-state index contributed by atoms with van der Waals surface area (Å²) in [5.41, 5.74) is 1.15. The minimum atomic E-state index is -0.934. The fourth-order valence-electron chi connectivity index (χ4n) is 5.21. The fourth-order valence-corrected chi connectivity index (χ4v) is 5.21. The second-order valence-corrected chi connectivity index (χ2v) is 9.16. The van der Waals surface area contributed by atoms with Crippen molar-refractivity contribution in [3.63, 3.8) is 0 Å². The van der Waals surface area contributed by atoms with Gasteiger partial charge in [-0.1, -0.05) is 26.0 Å². The number of rotatable bonds is 6. The van der Waals surface area contributed by atoms with Gasteiger partial charge in [0.15, 0.2) is 0 Å². The van der Waals surface area contributed by atoms with Crippen molar-refractivity contribution < 1.29 is 14.6 Å². The molecule has 3 rings (SSSR count). The lowest BCUT2D eigenvalue weighted by Crippen LogP contribution is -2.56. The van der Waals surface area contributed by atoms with Gasteiger partial charge in [0.25, 0.3) is 0 Å². The quantitative estimate of drug-likeness (QED) is 0.584. The Balaban J connectivity index is 1.73. The maximum Gasteiger partial charge on any atom is 0.303 e. The van der Waals surface area contributed by atoms with Crippen molar-refractivity contribution in [3.05, 3.63) is 48.2 Å². The lowest BCUT2D eigenvalue weighted by molar-refractivity contribution is -0.148. The first-order chi connectivity index (χ1) is 13.7. The number of hydrogen-bond donors (Lipinski definition) is 1. The van der Waals surface area contributed by atoms with E-state index in [0.29, 0.717) is 11.8 Å². The third-order valence-corrected chi connectivity index (χ3v) is 6.81. The summed E-state index contributed by atoms with van der Waals surface area (Å²) in [6, 6.07) is 6.01. The Morgan fingerprint density at radius 1 is 1.41 bits per heavy atom. The van der Waals surface area contributed by atoms with E-state index in [1.807, 2.05) is 31.7 Å². The second kappa shape index (κ2) is 8.97. The molecule has 0 amide bonds. The van der Waals surface area contributed by atoms with Crippen LogP contribution in [0.1, 0.15) is 46.2 Å². The van der Waals surface area contributed by atoms with Crippen LogP contribution < -0.4 is 0 Å². The van der Waals surface area contributed by atoms with Gasteiger partial charge in [-0.15, -0.1) is 0 Å². The van der Waals surface area contributed by atoms with Crippen LogP contribution in [-0.2, 0) is 16.1 Å². The van der Waals surface area contributed by atoms with Crippen LogP contribution in [0, 0.1) is 30.1 Å². The highest BCUT2D eigenvalue weighted by molar-refractivity contribution is 5.66. The van der Waals surface area contributed by atoms with Crippen molar-refractivity contribution in [1.82, 2.24) is 9.88 Å². The van der Waals surface area contributed by atoms with Crippen LogP contribution in [0.2, 0.25) is 0 Å². The van der Waals surface area contributed by atoms with Gasteiger partial charge >= 0.3 is 5.97 Å². The summed E-state index contributed by atoms with van der Waals surface area (Å²) in [7, 11) is 2.13. The number of fused-ring (bicyclic) bond motifs is 1. The molecule has 1 radical (unpaired) electrons. The second-order valence-electron chi connectivity index (χ2n) is 9.16. The van der Waals surface area contributed by atoms with E-state index in [2.05, 4.69) is 42.9 Å². The molecule has 5 heteroatoms. The number of pyridine rings is 1. The van der Waals surface area contributed by atoms with Crippen molar-refractivity contribution in [2.24, 2.45) is 23.7 Å². The lowest BCUT2D eigenvalue weighted by atomic mass is 9.57. The van der Waals surface area contributed by atoms with E-state index in [4.69, 9.17) is 4.74 Å². The van der Waals surface area contributed by atoms with Gasteiger partial charge in [0, 0.05) is 38.5 Å². The van der Waals surface area contributed by atoms with E-state index in [0.717, 1.165) is 37.2 Å². The van der Waals surface area contributed by atoms with Gasteiger partial charge in [0.1, 0.15) is 6.10 Å². The first-order valence-corrected chi connectivity index (χ1v) is 10.7. The highest BCUT2D eigenvalue weighted by Crippen LogP contribution is 2.50. The Morgan fingerprint density at radius 2 is 2.17 bits per heavy atom. The predicted molar refractivity (Wildman–Crippen MR) is 114 cm³/mol. The summed E-state index contributed by atoms with van der Waals surface area (Å²) in [4.78, 5) is 18.2. The maximum absolute atomic E-state index is 11.6. The molecule has 5 nitrogen and oxygen atoms in total. The molecule has 159 valence electrons. The first-order valence-electron chi connectivity index (χ1n) is 10.7. The molecular weight excluding hydrogens is 364 g/mol. The summed E-state index contributed by atoms with van der Waals surface area (Å²) in [6.45, 7) is 9.58. The number of carbonyl (C=O) groups excluding carboxylic acids is 1. The number of esters is 1. The molecule has 0 aromatic carbocycles. The van der Waals surface area contributed by atoms with E-state index in [1.54, 1.807) is 0 Å². The average molecular weight is 400 g/mol. The van der Waals surface area contributed by atoms with Gasteiger partial charge in [0.2, 0.25) is 0 Å². The zero-order valence-electron chi connectivity index (χ0n) is 18.3. The summed E-state index contributed by atoms with van der Waals surface area (Å²) in [5, 5.41) is 11.6. The van der Waals surface area contributed by atoms with Crippen LogP contribution in [0.25, 0.3) is 0 Å². The number of nitrogens with zero attached hydrogens (tertiary/aromatic N) is 2. The third-order valence-electron chi connectivity index (χ3n) is 6.81. The van der Waals surface area contributed by atoms with Crippen LogP contribution in [0.4, 0.5) is 0 Å². The number of aromatic nitrogens is 1. The van der Waals surface area contributed by atoms with E-state index in [9.17, 15) is 9.90 Å². The Labute approximate surface area is 175 Å². The minimum Gasteiger partial charge on any atom is -0.458 e. The zero-order valence-corrected chi connectivity index (χ0v) is 18.3. The summed E-state index contributed by atoms with van der Waals surface area (Å²) >= 11 is 0. The van der Waals surface area contributed by atoms with Crippen molar-refractivity contribution in [2.45, 2.75) is 58.8 Å². The number of ether oxygens (including phenoxy) is 1. The third kappa shape index (κ3) is 4.89. The molecule has 1 aromatic rings. The first kappa shape index (κ1) is 22.0. The van der Waals surface area contributed by atoms with Crippen LogP contribution >= 0.6 is 0 Å². The molecule has 2 aliphatic carbocycles. The SMILES string of the molecule is CC(=O)O[C@@H]1[CH][C@@]2(O)[C@H](C)CC[C@@H](C(C)CN(C)Cc3ccccn3)[C@H]2C=C1C. The average Bonchev–Trinajstić information content (AvgIpc) is 2.64. The molecule has 29 heavy (non-hydrogen) atoms. The normalized spacial score (nSPS) is 33.0. The van der Waals surface area contributed by atoms with E-state index in [1.165, 1.54) is 6.92 Å². The van der Waals surface area contributed by atoms with E-state index in [-0.39, 0.29) is 17.8 Å². The van der Waals surface area contributed by atoms with Crippen molar-refractivity contribution >= 4 is 5.97 Å². The van der Waals surface area contributed by atoms with Crippen molar-refractivity contribution in [1.29, 1.82) is 0 Å². The van der Waals surface area contributed by atoms with Crippen LogP contribution in [0.5, 0.6) is 0 Å². The largest absolute Gasteiger partial charge is 0.458 e. The van der Waals surface area contributed by atoms with Crippen LogP contribution in [0.15, 0.2) is 36.0 Å². The molecule has 6 atom stereocenters. The van der Waals surface area contributed by atoms with Crippen molar-refractivity contribution in [3.8, 4) is 0 Å². The fraction of sp³-hybridized carbons (Fsp3) is 0.625. The minimum absolute atomic E-state index is 0.0521. The Kier molecular flexibility index (Phi) is 6.79. The molecule has 1 N–H and O–H groups in total. The standard InChI is InChI=1S/C24H35N2O3/c1-16-12-22-21(17(2)14-26(5)15-20-8-6-7-11-25-20)10-9-18(3)24(22,28)13-23(16)29-19(4)27/h6-8,11-13,17-18,21-23,28H,9-10,14-15H2,1-5H3/t17?,18-,21+,22-,23-,24-/m1/s1. The molecule has 2 aliphatic rings. The molecule has 1 unspecified atom stereocenters. The Hall–Kier alpha value is -1.72. The molecule has 1 aromatic heterocycles. The van der Waals surface area contributed by atoms with Crippen molar-refractivity contribution in [2.75, 3.05) is 13.6 Å².